The first kappa shape index (κ1) is 13.3. The summed E-state index contributed by atoms with van der Waals surface area (Å²) in [6, 6.07) is -0.895. The average Bonchev–Trinajstić information content (AvgIpc) is 2.10. The molecule has 0 spiro atoms. The van der Waals surface area contributed by atoms with E-state index in [1.807, 2.05) is 0 Å². The predicted molar refractivity (Wildman–Crippen MR) is 56.9 cm³/mol. The van der Waals surface area contributed by atoms with Gasteiger partial charge in [-0.2, -0.15) is 0 Å². The van der Waals surface area contributed by atoms with Gasteiger partial charge in [0.05, 0.1) is 0 Å². The molecule has 0 radical (unpaired) electrons. The lowest BCUT2D eigenvalue weighted by Gasteiger charge is -2.35. The molecule has 0 aliphatic carbocycles. The zero-order valence-corrected chi connectivity index (χ0v) is 10.2. The Labute approximate surface area is 98.8 Å². The molecule has 0 aromatic carbocycles. The third-order valence-corrected chi connectivity index (χ3v) is 1.83. The molecule has 7 heteroatoms. The molecule has 96 valence electrons. The van der Waals surface area contributed by atoms with E-state index < -0.39 is 35.8 Å². The Bertz CT molecular complexity index is 347. The Morgan fingerprint density at radius 1 is 1.35 bits per heavy atom. The van der Waals surface area contributed by atoms with Crippen molar-refractivity contribution in [3.8, 4) is 0 Å². The number of nitrogens with one attached hydrogen (secondary N) is 2. The Hall–Kier alpha value is -1.79. The SMILES string of the molecule is CC(=O)O[C@H]1NC(=O)[C@H]1NC(=O)OC(C)(C)C. The van der Waals surface area contributed by atoms with E-state index in [-0.39, 0.29) is 0 Å². The van der Waals surface area contributed by atoms with Crippen LogP contribution in [0.25, 0.3) is 0 Å². The van der Waals surface area contributed by atoms with Crippen LogP contribution in [0.2, 0.25) is 0 Å². The van der Waals surface area contributed by atoms with Gasteiger partial charge < -0.3 is 20.1 Å². The van der Waals surface area contributed by atoms with E-state index in [1.165, 1.54) is 6.92 Å². The summed E-state index contributed by atoms with van der Waals surface area (Å²) in [7, 11) is 0. The third-order valence-electron chi connectivity index (χ3n) is 1.83. The zero-order valence-electron chi connectivity index (χ0n) is 10.2. The average molecular weight is 244 g/mol. The molecule has 2 N–H and O–H groups in total. The van der Waals surface area contributed by atoms with E-state index in [0.29, 0.717) is 0 Å². The molecule has 0 aromatic rings. The first-order chi connectivity index (χ1) is 7.69. The maximum absolute atomic E-state index is 11.4. The summed E-state index contributed by atoms with van der Waals surface area (Å²) in [4.78, 5) is 33.2. The van der Waals surface area contributed by atoms with Crippen LogP contribution in [-0.2, 0) is 19.1 Å². The van der Waals surface area contributed by atoms with Crippen molar-refractivity contribution in [1.29, 1.82) is 0 Å². The molecule has 0 saturated carbocycles. The van der Waals surface area contributed by atoms with Crippen molar-refractivity contribution in [3.05, 3.63) is 0 Å². The monoisotopic (exact) mass is 244 g/mol. The van der Waals surface area contributed by atoms with Crippen LogP contribution in [0.4, 0.5) is 4.79 Å². The minimum Gasteiger partial charge on any atom is -0.444 e. The third kappa shape index (κ3) is 3.93. The number of amides is 2. The molecule has 0 unspecified atom stereocenters. The summed E-state index contributed by atoms with van der Waals surface area (Å²) in [5.74, 6) is -0.951. The number of carbonyl (C=O) groups is 3. The van der Waals surface area contributed by atoms with Crippen molar-refractivity contribution >= 4 is 18.0 Å². The molecule has 2 atom stereocenters. The van der Waals surface area contributed by atoms with Gasteiger partial charge in [0.15, 0.2) is 6.04 Å². The van der Waals surface area contributed by atoms with E-state index in [1.54, 1.807) is 20.8 Å². The van der Waals surface area contributed by atoms with Gasteiger partial charge in [-0.1, -0.05) is 0 Å². The van der Waals surface area contributed by atoms with Gasteiger partial charge in [-0.05, 0) is 20.8 Å². The molecule has 1 rings (SSSR count). The molecular weight excluding hydrogens is 228 g/mol. The summed E-state index contributed by atoms with van der Waals surface area (Å²) in [5, 5.41) is 4.67. The molecule has 1 aliphatic rings. The second-order valence-corrected chi connectivity index (χ2v) is 4.66. The van der Waals surface area contributed by atoms with Gasteiger partial charge in [0, 0.05) is 6.92 Å². The van der Waals surface area contributed by atoms with E-state index in [9.17, 15) is 14.4 Å². The van der Waals surface area contributed by atoms with Crippen LogP contribution >= 0.6 is 0 Å². The number of hydrogen-bond acceptors (Lipinski definition) is 5. The summed E-state index contributed by atoms with van der Waals surface area (Å²) in [5.41, 5.74) is -0.652. The minimum atomic E-state index is -0.895. The van der Waals surface area contributed by atoms with Crippen LogP contribution in [0.5, 0.6) is 0 Å². The van der Waals surface area contributed by atoms with Crippen LogP contribution in [0.3, 0.4) is 0 Å². The number of carbonyl (C=O) groups excluding carboxylic acids is 3. The number of esters is 1. The molecule has 1 heterocycles. The highest BCUT2D eigenvalue weighted by molar-refractivity contribution is 5.92. The normalized spacial score (nSPS) is 23.2. The lowest BCUT2D eigenvalue weighted by atomic mass is 10.1. The van der Waals surface area contributed by atoms with Crippen LogP contribution in [0.1, 0.15) is 27.7 Å². The standard InChI is InChI=1S/C10H16N2O5/c1-5(13)16-8-6(7(14)12-8)11-9(15)17-10(2,3)4/h6,8H,1-4H3,(H,11,15)(H,12,14)/t6-,8-/m1/s1. The first-order valence-corrected chi connectivity index (χ1v) is 5.16. The molecular formula is C10H16N2O5. The fraction of sp³-hybridized carbons (Fsp3) is 0.700. The van der Waals surface area contributed by atoms with Crippen LogP contribution < -0.4 is 10.6 Å². The van der Waals surface area contributed by atoms with Gasteiger partial charge in [-0.25, -0.2) is 4.79 Å². The minimum absolute atomic E-state index is 0.415. The number of rotatable bonds is 2. The lowest BCUT2D eigenvalue weighted by molar-refractivity contribution is -0.162. The van der Waals surface area contributed by atoms with Crippen LogP contribution in [0, 0.1) is 0 Å². The Morgan fingerprint density at radius 3 is 2.35 bits per heavy atom. The number of alkyl carbamates (subject to hydrolysis) is 1. The lowest BCUT2D eigenvalue weighted by Crippen LogP contribution is -2.70. The maximum Gasteiger partial charge on any atom is 0.408 e. The highest BCUT2D eigenvalue weighted by Gasteiger charge is 2.43. The second-order valence-electron chi connectivity index (χ2n) is 4.66. The van der Waals surface area contributed by atoms with Gasteiger partial charge in [0.2, 0.25) is 6.23 Å². The summed E-state index contributed by atoms with van der Waals surface area (Å²) in [6.07, 6.45) is -1.55. The van der Waals surface area contributed by atoms with Gasteiger partial charge in [0.1, 0.15) is 5.60 Å². The van der Waals surface area contributed by atoms with Gasteiger partial charge in [0.25, 0.3) is 5.91 Å². The van der Waals surface area contributed by atoms with Crippen molar-refractivity contribution in [2.24, 2.45) is 0 Å². The summed E-state index contributed by atoms with van der Waals surface area (Å²) >= 11 is 0. The molecule has 1 fully saturated rings. The molecule has 2 amide bonds. The topological polar surface area (TPSA) is 93.7 Å². The summed E-state index contributed by atoms with van der Waals surface area (Å²) < 4.78 is 9.73. The molecule has 1 aliphatic heterocycles. The number of ether oxygens (including phenoxy) is 2. The van der Waals surface area contributed by atoms with Crippen LogP contribution in [0.15, 0.2) is 0 Å². The van der Waals surface area contributed by atoms with E-state index in [2.05, 4.69) is 10.6 Å². The highest BCUT2D eigenvalue weighted by Crippen LogP contribution is 2.11. The Kier molecular flexibility index (Phi) is 3.59. The Morgan fingerprint density at radius 2 is 1.94 bits per heavy atom. The second kappa shape index (κ2) is 4.60. The zero-order chi connectivity index (χ0) is 13.2. The summed E-state index contributed by atoms with van der Waals surface area (Å²) in [6.45, 7) is 6.33. The van der Waals surface area contributed by atoms with E-state index in [4.69, 9.17) is 9.47 Å². The van der Waals surface area contributed by atoms with Crippen molar-refractivity contribution in [2.45, 2.75) is 45.6 Å². The molecule has 7 nitrogen and oxygen atoms in total. The van der Waals surface area contributed by atoms with Gasteiger partial charge >= 0.3 is 12.1 Å². The molecule has 0 bridgehead atoms. The maximum atomic E-state index is 11.4. The van der Waals surface area contributed by atoms with Crippen molar-refractivity contribution in [1.82, 2.24) is 10.6 Å². The quantitative estimate of drug-likeness (QED) is 0.522. The number of hydrogen-bond donors (Lipinski definition) is 2. The molecule has 1 saturated heterocycles. The van der Waals surface area contributed by atoms with Gasteiger partial charge in [-0.3, -0.25) is 9.59 Å². The van der Waals surface area contributed by atoms with E-state index in [0.717, 1.165) is 0 Å². The first-order valence-electron chi connectivity index (χ1n) is 5.16. The fourth-order valence-corrected chi connectivity index (χ4v) is 1.21. The van der Waals surface area contributed by atoms with Crippen molar-refractivity contribution < 1.29 is 23.9 Å². The fourth-order valence-electron chi connectivity index (χ4n) is 1.21. The van der Waals surface area contributed by atoms with Gasteiger partial charge in [-0.15, -0.1) is 0 Å². The van der Waals surface area contributed by atoms with E-state index >= 15 is 0 Å². The van der Waals surface area contributed by atoms with Crippen molar-refractivity contribution in [3.63, 3.8) is 0 Å². The smallest absolute Gasteiger partial charge is 0.408 e. The van der Waals surface area contributed by atoms with Crippen molar-refractivity contribution in [2.75, 3.05) is 0 Å². The number of β-lactam (4-membered cyclic amide) rings is 1. The van der Waals surface area contributed by atoms with Crippen LogP contribution in [-0.4, -0.2) is 35.8 Å². The highest BCUT2D eigenvalue weighted by atomic mass is 16.6. The molecule has 17 heavy (non-hydrogen) atoms. The largest absolute Gasteiger partial charge is 0.444 e. The molecule has 0 aromatic heterocycles. The predicted octanol–water partition coefficient (Wildman–Crippen LogP) is -0.101. The Balaban J connectivity index is 2.47.